The highest BCUT2D eigenvalue weighted by molar-refractivity contribution is 5.92. The number of aliphatic imine (C=N–C) groups is 1. The molecule has 0 atom stereocenters. The van der Waals surface area contributed by atoms with Crippen LogP contribution in [0.3, 0.4) is 0 Å². The highest BCUT2D eigenvalue weighted by Gasteiger charge is 2.22. The number of nitrogens with zero attached hydrogens (tertiary/aromatic N) is 2. The van der Waals surface area contributed by atoms with E-state index in [9.17, 15) is 0 Å². The Morgan fingerprint density at radius 2 is 2.17 bits per heavy atom. The second kappa shape index (κ2) is 7.81. The van der Waals surface area contributed by atoms with Gasteiger partial charge in [-0.25, -0.2) is 9.98 Å². The molecule has 3 rings (SSSR count). The van der Waals surface area contributed by atoms with Gasteiger partial charge in [0.05, 0.1) is 13.2 Å². The van der Waals surface area contributed by atoms with E-state index in [4.69, 9.17) is 10.5 Å². The van der Waals surface area contributed by atoms with Crippen LogP contribution < -0.4 is 15.8 Å². The molecule has 1 fully saturated rings. The number of aromatic nitrogens is 1. The molecule has 5 heteroatoms. The summed E-state index contributed by atoms with van der Waals surface area (Å²) in [4.78, 5) is 8.63. The molecule has 0 aliphatic heterocycles. The zero-order valence-corrected chi connectivity index (χ0v) is 14.0. The van der Waals surface area contributed by atoms with Crippen molar-refractivity contribution >= 4 is 11.6 Å². The predicted molar refractivity (Wildman–Crippen MR) is 97.2 cm³/mol. The molecule has 1 heterocycles. The summed E-state index contributed by atoms with van der Waals surface area (Å²) in [7, 11) is 0. The highest BCUT2D eigenvalue weighted by atomic mass is 16.5. The molecule has 1 saturated carbocycles. The van der Waals surface area contributed by atoms with E-state index in [1.807, 2.05) is 24.3 Å². The smallest absolute Gasteiger partial charge is 0.213 e. The monoisotopic (exact) mass is 324 g/mol. The highest BCUT2D eigenvalue weighted by Crippen LogP contribution is 2.29. The zero-order valence-electron chi connectivity index (χ0n) is 14.0. The van der Waals surface area contributed by atoms with Crippen molar-refractivity contribution in [2.45, 2.75) is 32.7 Å². The first-order valence-corrected chi connectivity index (χ1v) is 8.46. The number of guanidine groups is 1. The molecule has 2 aromatic rings. The molecule has 3 N–H and O–H groups in total. The van der Waals surface area contributed by atoms with Crippen LogP contribution in [0.1, 0.15) is 30.9 Å². The minimum absolute atomic E-state index is 0.403. The van der Waals surface area contributed by atoms with Gasteiger partial charge in [0.2, 0.25) is 5.88 Å². The van der Waals surface area contributed by atoms with Crippen molar-refractivity contribution in [3.63, 3.8) is 0 Å². The molecule has 126 valence electrons. The molecule has 1 aliphatic carbocycles. The van der Waals surface area contributed by atoms with E-state index in [1.165, 1.54) is 18.4 Å². The fourth-order valence-corrected chi connectivity index (χ4v) is 2.35. The first kappa shape index (κ1) is 16.3. The molecule has 0 unspecified atom stereocenters. The molecule has 1 aliphatic rings. The van der Waals surface area contributed by atoms with E-state index in [1.54, 1.807) is 6.20 Å². The Balaban J connectivity index is 1.56. The molecule has 1 aromatic carbocycles. The first-order valence-electron chi connectivity index (χ1n) is 8.46. The summed E-state index contributed by atoms with van der Waals surface area (Å²) >= 11 is 0. The number of anilines is 1. The van der Waals surface area contributed by atoms with Crippen LogP contribution in [0.15, 0.2) is 47.6 Å². The quantitative estimate of drug-likeness (QED) is 0.605. The van der Waals surface area contributed by atoms with Gasteiger partial charge in [0.25, 0.3) is 0 Å². The van der Waals surface area contributed by atoms with Gasteiger partial charge in [-0.05, 0) is 54.5 Å². The maximum atomic E-state index is 5.98. The Kier molecular flexibility index (Phi) is 5.31. The minimum atomic E-state index is 0.403. The predicted octanol–water partition coefficient (Wildman–Crippen LogP) is 3.36. The number of nitrogens with one attached hydrogen (secondary N) is 1. The van der Waals surface area contributed by atoms with Gasteiger partial charge in [-0.1, -0.05) is 19.1 Å². The summed E-state index contributed by atoms with van der Waals surface area (Å²) < 4.78 is 5.69. The normalized spacial score (nSPS) is 14.5. The van der Waals surface area contributed by atoms with Crippen molar-refractivity contribution in [3.05, 3.63) is 53.7 Å². The number of pyridine rings is 1. The number of hydrogen-bond donors (Lipinski definition) is 2. The van der Waals surface area contributed by atoms with Gasteiger partial charge in [-0.3, -0.25) is 0 Å². The Bertz CT molecular complexity index is 710. The second-order valence-corrected chi connectivity index (χ2v) is 6.14. The van der Waals surface area contributed by atoms with Crippen molar-refractivity contribution in [3.8, 4) is 5.88 Å². The van der Waals surface area contributed by atoms with Crippen LogP contribution in [0.4, 0.5) is 5.69 Å². The number of hydrogen-bond acceptors (Lipinski definition) is 3. The summed E-state index contributed by atoms with van der Waals surface area (Å²) in [5.74, 6) is 1.78. The van der Waals surface area contributed by atoms with E-state index in [0.717, 1.165) is 24.3 Å². The van der Waals surface area contributed by atoms with Crippen LogP contribution in [0.25, 0.3) is 0 Å². The number of ether oxygens (including phenoxy) is 1. The van der Waals surface area contributed by atoms with Gasteiger partial charge >= 0.3 is 0 Å². The third-order valence-corrected chi connectivity index (χ3v) is 4.00. The second-order valence-electron chi connectivity index (χ2n) is 6.14. The zero-order chi connectivity index (χ0) is 16.8. The van der Waals surface area contributed by atoms with Crippen molar-refractivity contribution < 1.29 is 4.74 Å². The average Bonchev–Trinajstić information content (AvgIpc) is 3.43. The lowest BCUT2D eigenvalue weighted by molar-refractivity contribution is 0.288. The topological polar surface area (TPSA) is 72.5 Å². The summed E-state index contributed by atoms with van der Waals surface area (Å²) in [6, 6.07) is 12.0. The lowest BCUT2D eigenvalue weighted by Crippen LogP contribution is -2.22. The molecule has 0 radical (unpaired) electrons. The van der Waals surface area contributed by atoms with Gasteiger partial charge in [0, 0.05) is 18.0 Å². The van der Waals surface area contributed by atoms with Crippen molar-refractivity contribution in [2.24, 2.45) is 16.6 Å². The van der Waals surface area contributed by atoms with Gasteiger partial charge in [0.1, 0.15) is 0 Å². The maximum Gasteiger partial charge on any atom is 0.213 e. The van der Waals surface area contributed by atoms with Crippen LogP contribution in [0.2, 0.25) is 0 Å². The van der Waals surface area contributed by atoms with E-state index >= 15 is 0 Å². The van der Waals surface area contributed by atoms with Gasteiger partial charge in [-0.15, -0.1) is 0 Å². The molecular weight excluding hydrogens is 300 g/mol. The molecule has 0 saturated heterocycles. The molecule has 5 nitrogen and oxygen atoms in total. The molecule has 24 heavy (non-hydrogen) atoms. The van der Waals surface area contributed by atoms with Crippen LogP contribution in [0, 0.1) is 5.92 Å². The van der Waals surface area contributed by atoms with Gasteiger partial charge < -0.3 is 15.8 Å². The molecule has 1 aromatic heterocycles. The third kappa shape index (κ3) is 4.98. The lowest BCUT2D eigenvalue weighted by Gasteiger charge is -2.08. The van der Waals surface area contributed by atoms with E-state index in [0.29, 0.717) is 24.3 Å². The maximum absolute atomic E-state index is 5.98. The summed E-state index contributed by atoms with van der Waals surface area (Å²) in [5, 5.41) is 3.13. The summed E-state index contributed by atoms with van der Waals surface area (Å²) in [5.41, 5.74) is 9.23. The van der Waals surface area contributed by atoms with E-state index in [-0.39, 0.29) is 0 Å². The Hall–Kier alpha value is -2.56. The third-order valence-electron chi connectivity index (χ3n) is 4.00. The van der Waals surface area contributed by atoms with E-state index < -0.39 is 0 Å². The average molecular weight is 324 g/mol. The van der Waals surface area contributed by atoms with Crippen molar-refractivity contribution in [1.82, 2.24) is 4.98 Å². The molecule has 0 spiro atoms. The Labute approximate surface area is 143 Å². The number of benzene rings is 1. The fourth-order valence-electron chi connectivity index (χ4n) is 2.35. The number of aryl methyl sites for hydroxylation is 1. The van der Waals surface area contributed by atoms with Crippen molar-refractivity contribution in [2.75, 3.05) is 11.9 Å². The summed E-state index contributed by atoms with van der Waals surface area (Å²) in [6.07, 6.45) is 5.28. The fraction of sp³-hybridized carbons (Fsp3) is 0.368. The van der Waals surface area contributed by atoms with Gasteiger partial charge in [0.15, 0.2) is 5.96 Å². The lowest BCUT2D eigenvalue weighted by atomic mass is 10.1. The Morgan fingerprint density at radius 3 is 2.96 bits per heavy atom. The number of rotatable bonds is 7. The molecular formula is C19H24N4O. The van der Waals surface area contributed by atoms with Gasteiger partial charge in [-0.2, -0.15) is 0 Å². The Morgan fingerprint density at radius 1 is 1.29 bits per heavy atom. The van der Waals surface area contributed by atoms with Crippen LogP contribution in [-0.2, 0) is 13.0 Å². The minimum Gasteiger partial charge on any atom is -0.477 e. The first-order chi connectivity index (χ1) is 11.7. The van der Waals surface area contributed by atoms with E-state index in [2.05, 4.69) is 34.3 Å². The number of nitrogens with two attached hydrogens (primary N) is 1. The molecule has 0 bridgehead atoms. The van der Waals surface area contributed by atoms with Crippen LogP contribution >= 0.6 is 0 Å². The molecule has 0 amide bonds. The largest absolute Gasteiger partial charge is 0.477 e. The van der Waals surface area contributed by atoms with Crippen LogP contribution in [0.5, 0.6) is 5.88 Å². The summed E-state index contributed by atoms with van der Waals surface area (Å²) in [6.45, 7) is 3.38. The SMILES string of the molecule is CCc1cccc(NC(N)=NCc2ccnc(OCC3CC3)c2)c1. The van der Waals surface area contributed by atoms with Crippen LogP contribution in [-0.4, -0.2) is 17.6 Å². The standard InChI is InChI=1S/C19H24N4O/c1-2-14-4-3-5-17(10-14)23-19(20)22-12-16-8-9-21-18(11-16)24-13-15-6-7-15/h3-5,8-11,15H,2,6-7,12-13H2,1H3,(H3,20,22,23). The van der Waals surface area contributed by atoms with Crippen molar-refractivity contribution in [1.29, 1.82) is 0 Å².